The second-order valence-electron chi connectivity index (χ2n) is 4.40. The third-order valence-electron chi connectivity index (χ3n) is 3.07. The molecule has 20 heavy (non-hydrogen) atoms. The Labute approximate surface area is 135 Å². The van der Waals surface area contributed by atoms with Crippen LogP contribution in [0.4, 0.5) is 0 Å². The number of rotatable bonds is 7. The zero-order valence-corrected chi connectivity index (χ0v) is 14.2. The molecule has 5 heteroatoms. The van der Waals surface area contributed by atoms with Crippen LogP contribution >= 0.6 is 34.8 Å². The van der Waals surface area contributed by atoms with Crippen molar-refractivity contribution in [2.45, 2.75) is 32.6 Å². The third kappa shape index (κ3) is 4.76. The average Bonchev–Trinajstić information content (AvgIpc) is 2.43. The summed E-state index contributed by atoms with van der Waals surface area (Å²) in [4.78, 5) is 0. The van der Waals surface area contributed by atoms with Gasteiger partial charge in [-0.05, 0) is 37.0 Å². The zero-order valence-electron chi connectivity index (χ0n) is 11.9. The molecule has 0 saturated heterocycles. The summed E-state index contributed by atoms with van der Waals surface area (Å²) in [5, 5.41) is 0.585. The number of methoxy groups -OCH3 is 2. The molecule has 1 aromatic rings. The van der Waals surface area contributed by atoms with Crippen molar-refractivity contribution in [1.29, 1.82) is 0 Å². The maximum Gasteiger partial charge on any atom is 0.127 e. The Hall–Kier alpha value is -0.570. The zero-order chi connectivity index (χ0) is 15.1. The Balaban J connectivity index is 2.99. The van der Waals surface area contributed by atoms with Crippen LogP contribution in [0.3, 0.4) is 0 Å². The lowest BCUT2D eigenvalue weighted by molar-refractivity contribution is 0.385. The molecule has 0 bridgehead atoms. The Bertz CT molecular complexity index is 455. The first-order valence-corrected chi connectivity index (χ1v) is 7.60. The first kappa shape index (κ1) is 17.5. The second kappa shape index (κ2) is 8.66. The minimum atomic E-state index is 0.360. The highest BCUT2D eigenvalue weighted by Gasteiger charge is 2.13. The molecule has 0 aromatic heterocycles. The number of halogens is 3. The van der Waals surface area contributed by atoms with E-state index in [1.54, 1.807) is 26.4 Å². The number of ether oxygens (including phenoxy) is 2. The van der Waals surface area contributed by atoms with Gasteiger partial charge in [0.1, 0.15) is 16.0 Å². The normalized spacial score (nSPS) is 10.3. The summed E-state index contributed by atoms with van der Waals surface area (Å²) < 4.78 is 11.1. The van der Waals surface area contributed by atoms with Crippen molar-refractivity contribution in [3.8, 4) is 11.5 Å². The lowest BCUT2D eigenvalue weighted by atomic mass is 10.0. The van der Waals surface area contributed by atoms with Crippen molar-refractivity contribution in [1.82, 2.24) is 0 Å². The SMILES string of the molecule is CCCC(CCc1c(OC)cc(Cl)cc1OC)=C(Cl)Cl. The van der Waals surface area contributed by atoms with Gasteiger partial charge in [-0.1, -0.05) is 48.1 Å². The summed E-state index contributed by atoms with van der Waals surface area (Å²) in [5.74, 6) is 1.44. The number of allylic oxidation sites excluding steroid dienone is 1. The van der Waals surface area contributed by atoms with Gasteiger partial charge in [-0.15, -0.1) is 0 Å². The van der Waals surface area contributed by atoms with Gasteiger partial charge in [0.05, 0.1) is 14.2 Å². The number of hydrogen-bond acceptors (Lipinski definition) is 2. The minimum Gasteiger partial charge on any atom is -0.496 e. The Kier molecular flexibility index (Phi) is 7.57. The van der Waals surface area contributed by atoms with Crippen LogP contribution in [-0.4, -0.2) is 14.2 Å². The van der Waals surface area contributed by atoms with Crippen LogP contribution in [0.25, 0.3) is 0 Å². The number of hydrogen-bond donors (Lipinski definition) is 0. The molecule has 0 fully saturated rings. The fraction of sp³-hybridized carbons (Fsp3) is 0.467. The van der Waals surface area contributed by atoms with E-state index in [0.29, 0.717) is 9.51 Å². The van der Waals surface area contributed by atoms with E-state index < -0.39 is 0 Å². The predicted molar refractivity (Wildman–Crippen MR) is 86.5 cm³/mol. The summed E-state index contributed by atoms with van der Waals surface area (Å²) in [7, 11) is 3.23. The molecular weight excluding hydrogens is 319 g/mol. The fourth-order valence-corrected chi connectivity index (χ4v) is 2.67. The molecule has 0 radical (unpaired) electrons. The minimum absolute atomic E-state index is 0.360. The monoisotopic (exact) mass is 336 g/mol. The number of benzene rings is 1. The molecule has 0 aliphatic rings. The van der Waals surface area contributed by atoms with E-state index in [1.807, 2.05) is 0 Å². The quantitative estimate of drug-likeness (QED) is 0.628. The van der Waals surface area contributed by atoms with E-state index in [1.165, 1.54) is 0 Å². The van der Waals surface area contributed by atoms with Crippen molar-refractivity contribution in [2.75, 3.05) is 14.2 Å². The fourth-order valence-electron chi connectivity index (χ4n) is 2.09. The van der Waals surface area contributed by atoms with Gasteiger partial charge in [-0.25, -0.2) is 0 Å². The molecule has 0 aliphatic heterocycles. The van der Waals surface area contributed by atoms with Crippen LogP contribution in [-0.2, 0) is 6.42 Å². The topological polar surface area (TPSA) is 18.5 Å². The van der Waals surface area contributed by atoms with Crippen molar-refractivity contribution in [3.63, 3.8) is 0 Å². The summed E-state index contributed by atoms with van der Waals surface area (Å²) >= 11 is 17.9. The second-order valence-corrected chi connectivity index (χ2v) is 5.79. The largest absolute Gasteiger partial charge is 0.496 e. The Morgan fingerprint density at radius 3 is 2.00 bits per heavy atom. The van der Waals surface area contributed by atoms with Crippen molar-refractivity contribution in [2.24, 2.45) is 0 Å². The van der Waals surface area contributed by atoms with Crippen LogP contribution < -0.4 is 9.47 Å². The van der Waals surface area contributed by atoms with Gasteiger partial charge >= 0.3 is 0 Å². The molecule has 112 valence electrons. The summed E-state index contributed by atoms with van der Waals surface area (Å²) in [6.45, 7) is 2.10. The summed E-state index contributed by atoms with van der Waals surface area (Å²) in [5.41, 5.74) is 2.03. The molecule has 0 heterocycles. The first-order chi connectivity index (χ1) is 9.53. The van der Waals surface area contributed by atoms with Gasteiger partial charge in [0.2, 0.25) is 0 Å². The molecule has 0 atom stereocenters. The average molecular weight is 338 g/mol. The van der Waals surface area contributed by atoms with Crippen molar-refractivity contribution < 1.29 is 9.47 Å². The molecule has 1 rings (SSSR count). The molecule has 0 unspecified atom stereocenters. The lowest BCUT2D eigenvalue weighted by Gasteiger charge is -2.15. The molecule has 0 saturated carbocycles. The highest BCUT2D eigenvalue weighted by molar-refractivity contribution is 6.56. The molecule has 0 amide bonds. The van der Waals surface area contributed by atoms with Crippen LogP contribution in [0.1, 0.15) is 31.7 Å². The molecule has 1 aromatic carbocycles. The van der Waals surface area contributed by atoms with Crippen molar-refractivity contribution in [3.05, 3.63) is 32.8 Å². The van der Waals surface area contributed by atoms with Crippen LogP contribution in [0, 0.1) is 0 Å². The van der Waals surface area contributed by atoms with Gasteiger partial charge < -0.3 is 9.47 Å². The van der Waals surface area contributed by atoms with E-state index in [9.17, 15) is 0 Å². The third-order valence-corrected chi connectivity index (χ3v) is 3.82. The summed E-state index contributed by atoms with van der Waals surface area (Å²) in [6, 6.07) is 3.57. The van der Waals surface area contributed by atoms with Gasteiger partial charge in [0, 0.05) is 10.6 Å². The Morgan fingerprint density at radius 1 is 1.05 bits per heavy atom. The van der Waals surface area contributed by atoms with Gasteiger partial charge in [-0.2, -0.15) is 0 Å². The van der Waals surface area contributed by atoms with E-state index in [0.717, 1.165) is 48.3 Å². The van der Waals surface area contributed by atoms with Crippen molar-refractivity contribution >= 4 is 34.8 Å². The predicted octanol–water partition coefficient (Wildman–Crippen LogP) is 5.78. The van der Waals surface area contributed by atoms with Gasteiger partial charge in [0.25, 0.3) is 0 Å². The van der Waals surface area contributed by atoms with Crippen LogP contribution in [0.2, 0.25) is 5.02 Å². The van der Waals surface area contributed by atoms with E-state index >= 15 is 0 Å². The smallest absolute Gasteiger partial charge is 0.127 e. The maximum atomic E-state index is 6.03. The molecule has 0 N–H and O–H groups in total. The van der Waals surface area contributed by atoms with Crippen LogP contribution in [0.5, 0.6) is 11.5 Å². The molecular formula is C15H19Cl3O2. The highest BCUT2D eigenvalue weighted by Crippen LogP contribution is 2.35. The summed E-state index contributed by atoms with van der Waals surface area (Å²) in [6.07, 6.45) is 3.40. The van der Waals surface area contributed by atoms with Gasteiger partial charge in [0.15, 0.2) is 0 Å². The standard InChI is InChI=1S/C15H19Cl3O2/c1-4-5-10(15(17)18)6-7-12-13(19-2)8-11(16)9-14(12)20-3/h8-9H,4-7H2,1-3H3. The molecule has 2 nitrogen and oxygen atoms in total. The molecule has 0 spiro atoms. The van der Waals surface area contributed by atoms with Crippen LogP contribution in [0.15, 0.2) is 22.2 Å². The first-order valence-electron chi connectivity index (χ1n) is 6.46. The lowest BCUT2D eigenvalue weighted by Crippen LogP contribution is -1.99. The van der Waals surface area contributed by atoms with E-state index in [2.05, 4.69) is 6.92 Å². The van der Waals surface area contributed by atoms with Gasteiger partial charge in [-0.3, -0.25) is 0 Å². The molecule has 0 aliphatic carbocycles. The Morgan fingerprint density at radius 2 is 1.60 bits per heavy atom. The highest BCUT2D eigenvalue weighted by atomic mass is 35.5. The maximum absolute atomic E-state index is 6.03. The van der Waals surface area contributed by atoms with E-state index in [-0.39, 0.29) is 0 Å². The van der Waals surface area contributed by atoms with E-state index in [4.69, 9.17) is 44.3 Å².